The van der Waals surface area contributed by atoms with Crippen LogP contribution in [0, 0.1) is 6.92 Å². The van der Waals surface area contributed by atoms with Crippen LogP contribution in [0.2, 0.25) is 0 Å². The number of aromatic amines is 1. The Morgan fingerprint density at radius 2 is 2.20 bits per heavy atom. The fourth-order valence-corrected chi connectivity index (χ4v) is 1.74. The average molecular weight is 199 g/mol. The summed E-state index contributed by atoms with van der Waals surface area (Å²) < 4.78 is 0. The predicted molar refractivity (Wildman–Crippen MR) is 58.5 cm³/mol. The lowest BCUT2D eigenvalue weighted by Gasteiger charge is -1.97. The smallest absolute Gasteiger partial charge is 0.156 e. The molecule has 0 aromatic carbocycles. The maximum Gasteiger partial charge on any atom is 0.156 e. The van der Waals surface area contributed by atoms with Gasteiger partial charge in [0, 0.05) is 23.5 Å². The van der Waals surface area contributed by atoms with Gasteiger partial charge in [-0.05, 0) is 31.9 Å². The van der Waals surface area contributed by atoms with Crippen molar-refractivity contribution in [3.05, 3.63) is 35.8 Å². The van der Waals surface area contributed by atoms with Crippen LogP contribution in [0.5, 0.6) is 0 Å². The van der Waals surface area contributed by atoms with Crippen LogP contribution in [0.1, 0.15) is 30.1 Å². The number of hydrogen-bond acceptors (Lipinski definition) is 2. The molecule has 0 atom stereocenters. The lowest BCUT2D eigenvalue weighted by atomic mass is 10.3. The first-order valence-electron chi connectivity index (χ1n) is 5.32. The molecule has 3 nitrogen and oxygen atoms in total. The van der Waals surface area contributed by atoms with Gasteiger partial charge in [0.05, 0.1) is 0 Å². The SMILES string of the molecule is Cc1cccc(-c2ncc(C3CC3)[nH]2)n1. The monoisotopic (exact) mass is 199 g/mol. The quantitative estimate of drug-likeness (QED) is 0.807. The molecule has 3 rings (SSSR count). The zero-order chi connectivity index (χ0) is 10.3. The van der Waals surface area contributed by atoms with Gasteiger partial charge in [-0.3, -0.25) is 0 Å². The van der Waals surface area contributed by atoms with E-state index in [1.807, 2.05) is 31.3 Å². The van der Waals surface area contributed by atoms with Crippen molar-refractivity contribution in [1.82, 2.24) is 15.0 Å². The fraction of sp³-hybridized carbons (Fsp3) is 0.333. The van der Waals surface area contributed by atoms with Gasteiger partial charge >= 0.3 is 0 Å². The van der Waals surface area contributed by atoms with Crippen LogP contribution < -0.4 is 0 Å². The third-order valence-electron chi connectivity index (χ3n) is 2.74. The molecule has 0 unspecified atom stereocenters. The standard InChI is InChI=1S/C12H13N3/c1-8-3-2-4-10(14-8)12-13-7-11(15-12)9-5-6-9/h2-4,7,9H,5-6H2,1H3,(H,13,15). The summed E-state index contributed by atoms with van der Waals surface area (Å²) in [7, 11) is 0. The van der Waals surface area contributed by atoms with Crippen LogP contribution in [-0.2, 0) is 0 Å². The second kappa shape index (κ2) is 3.19. The highest BCUT2D eigenvalue weighted by atomic mass is 15.0. The zero-order valence-corrected chi connectivity index (χ0v) is 8.70. The maximum absolute atomic E-state index is 4.44. The van der Waals surface area contributed by atoms with Crippen molar-refractivity contribution in [1.29, 1.82) is 0 Å². The average Bonchev–Trinajstić information content (AvgIpc) is 2.97. The minimum Gasteiger partial charge on any atom is -0.340 e. The highest BCUT2D eigenvalue weighted by molar-refractivity contribution is 5.49. The van der Waals surface area contributed by atoms with Crippen molar-refractivity contribution in [3.63, 3.8) is 0 Å². The van der Waals surface area contributed by atoms with E-state index in [4.69, 9.17) is 0 Å². The molecule has 1 fully saturated rings. The molecule has 2 aromatic rings. The van der Waals surface area contributed by atoms with Gasteiger partial charge in [-0.2, -0.15) is 0 Å². The molecule has 1 aliphatic carbocycles. The molecule has 0 spiro atoms. The van der Waals surface area contributed by atoms with E-state index in [1.165, 1.54) is 18.5 Å². The summed E-state index contributed by atoms with van der Waals surface area (Å²) >= 11 is 0. The van der Waals surface area contributed by atoms with E-state index in [0.29, 0.717) is 0 Å². The second-order valence-electron chi connectivity index (χ2n) is 4.13. The van der Waals surface area contributed by atoms with Crippen LogP contribution in [0.4, 0.5) is 0 Å². The van der Waals surface area contributed by atoms with Crippen molar-refractivity contribution in [2.75, 3.05) is 0 Å². The number of aryl methyl sites for hydroxylation is 1. The minimum atomic E-state index is 0.719. The van der Waals surface area contributed by atoms with E-state index in [1.54, 1.807) is 0 Å². The molecular formula is C12H13N3. The highest BCUT2D eigenvalue weighted by Crippen LogP contribution is 2.39. The van der Waals surface area contributed by atoms with E-state index < -0.39 is 0 Å². The Morgan fingerprint density at radius 1 is 1.33 bits per heavy atom. The van der Waals surface area contributed by atoms with E-state index in [2.05, 4.69) is 15.0 Å². The maximum atomic E-state index is 4.44. The van der Waals surface area contributed by atoms with Crippen molar-refractivity contribution < 1.29 is 0 Å². The van der Waals surface area contributed by atoms with Crippen LogP contribution in [-0.4, -0.2) is 15.0 Å². The molecule has 0 aliphatic heterocycles. The number of imidazole rings is 1. The summed E-state index contributed by atoms with van der Waals surface area (Å²) in [5.74, 6) is 1.61. The van der Waals surface area contributed by atoms with Crippen LogP contribution >= 0.6 is 0 Å². The van der Waals surface area contributed by atoms with Crippen LogP contribution in [0.3, 0.4) is 0 Å². The van der Waals surface area contributed by atoms with Gasteiger partial charge in [-0.1, -0.05) is 6.07 Å². The molecule has 1 N–H and O–H groups in total. The van der Waals surface area contributed by atoms with Crippen LogP contribution in [0.15, 0.2) is 24.4 Å². The van der Waals surface area contributed by atoms with Gasteiger partial charge in [0.2, 0.25) is 0 Å². The molecule has 0 saturated heterocycles. The Kier molecular flexibility index (Phi) is 1.84. The Labute approximate surface area is 88.6 Å². The number of hydrogen-bond donors (Lipinski definition) is 1. The molecule has 2 heterocycles. The van der Waals surface area contributed by atoms with E-state index in [-0.39, 0.29) is 0 Å². The Bertz CT molecular complexity index is 483. The summed E-state index contributed by atoms with van der Waals surface area (Å²) in [5, 5.41) is 0. The van der Waals surface area contributed by atoms with Crippen molar-refractivity contribution in [3.8, 4) is 11.5 Å². The number of H-pyrrole nitrogens is 1. The molecule has 2 aromatic heterocycles. The topological polar surface area (TPSA) is 41.6 Å². The zero-order valence-electron chi connectivity index (χ0n) is 8.70. The van der Waals surface area contributed by atoms with Gasteiger partial charge in [-0.15, -0.1) is 0 Å². The number of rotatable bonds is 2. The molecule has 76 valence electrons. The summed E-state index contributed by atoms with van der Waals surface area (Å²) in [6.45, 7) is 1.99. The summed E-state index contributed by atoms with van der Waals surface area (Å²) in [4.78, 5) is 12.2. The molecule has 1 saturated carbocycles. The molecular weight excluding hydrogens is 186 g/mol. The largest absolute Gasteiger partial charge is 0.340 e. The Hall–Kier alpha value is -1.64. The third kappa shape index (κ3) is 1.65. The first kappa shape index (κ1) is 8.65. The molecule has 15 heavy (non-hydrogen) atoms. The molecule has 1 aliphatic rings. The van der Waals surface area contributed by atoms with Crippen LogP contribution in [0.25, 0.3) is 11.5 Å². The van der Waals surface area contributed by atoms with E-state index in [0.717, 1.165) is 23.1 Å². The lowest BCUT2D eigenvalue weighted by Crippen LogP contribution is -1.88. The summed E-state index contributed by atoms with van der Waals surface area (Å²) in [5.41, 5.74) is 3.21. The highest BCUT2D eigenvalue weighted by Gasteiger charge is 2.25. The lowest BCUT2D eigenvalue weighted by molar-refractivity contribution is 1.05. The number of nitrogens with one attached hydrogen (secondary N) is 1. The van der Waals surface area contributed by atoms with Gasteiger partial charge in [-0.25, -0.2) is 9.97 Å². The molecule has 0 amide bonds. The second-order valence-corrected chi connectivity index (χ2v) is 4.13. The number of nitrogens with zero attached hydrogens (tertiary/aromatic N) is 2. The molecule has 0 bridgehead atoms. The van der Waals surface area contributed by atoms with Crippen molar-refractivity contribution >= 4 is 0 Å². The Balaban J connectivity index is 1.97. The van der Waals surface area contributed by atoms with E-state index in [9.17, 15) is 0 Å². The van der Waals surface area contributed by atoms with E-state index >= 15 is 0 Å². The van der Waals surface area contributed by atoms with Gasteiger partial charge in [0.15, 0.2) is 5.82 Å². The fourth-order valence-electron chi connectivity index (χ4n) is 1.74. The van der Waals surface area contributed by atoms with Crippen molar-refractivity contribution in [2.24, 2.45) is 0 Å². The molecule has 0 radical (unpaired) electrons. The van der Waals surface area contributed by atoms with Gasteiger partial charge in [0.25, 0.3) is 0 Å². The number of aromatic nitrogens is 3. The summed E-state index contributed by atoms with van der Waals surface area (Å²) in [6, 6.07) is 5.99. The molecule has 3 heteroatoms. The van der Waals surface area contributed by atoms with Crippen molar-refractivity contribution in [2.45, 2.75) is 25.7 Å². The Morgan fingerprint density at radius 3 is 2.93 bits per heavy atom. The number of pyridine rings is 1. The summed E-state index contributed by atoms with van der Waals surface area (Å²) in [6.07, 6.45) is 4.53. The predicted octanol–water partition coefficient (Wildman–Crippen LogP) is 2.66. The van der Waals surface area contributed by atoms with Gasteiger partial charge < -0.3 is 4.98 Å². The van der Waals surface area contributed by atoms with Gasteiger partial charge in [0.1, 0.15) is 5.69 Å². The minimum absolute atomic E-state index is 0.719. The normalized spacial score (nSPS) is 15.5. The first-order valence-corrected chi connectivity index (χ1v) is 5.32. The third-order valence-corrected chi connectivity index (χ3v) is 2.74. The first-order chi connectivity index (χ1) is 7.33.